The highest BCUT2D eigenvalue weighted by molar-refractivity contribution is 7.94. The minimum Gasteiger partial charge on any atom is -0.504 e. The first-order chi connectivity index (χ1) is 14.4. The summed E-state index contributed by atoms with van der Waals surface area (Å²) in [7, 11) is -4.07. The number of aliphatic carboxylic acids is 1. The molecule has 2 aliphatic heterocycles. The number of β-lactam (4-membered cyclic amide) rings is 1. The number of carbonyl (C=O) groups excluding carboxylic acids is 2. The van der Waals surface area contributed by atoms with Crippen molar-refractivity contribution in [1.82, 2.24) is 10.3 Å². The standard InChI is InChI=1S/C18H20N4O8S/c1-17(14(15(26)27)22-12(25)7-13(22)31(17,29)30)8-19-21-16(28)18(4-5-18)20-9-2-3-10(23)11(24)6-9/h2-3,6,8,13-14,20,23-24H,4-5,7H2,1H3,(H,21,28)(H,26,27)/b19-8+/t13-,14+,17+/m1/s1. The second kappa shape index (κ2) is 6.57. The maximum atomic E-state index is 12.8. The van der Waals surface area contributed by atoms with Crippen LogP contribution in [0.4, 0.5) is 5.69 Å². The van der Waals surface area contributed by atoms with Gasteiger partial charge in [-0.05, 0) is 31.9 Å². The topological polar surface area (TPSA) is 186 Å². The fourth-order valence-electron chi connectivity index (χ4n) is 3.94. The molecule has 0 aromatic heterocycles. The molecule has 1 aromatic rings. The lowest BCUT2D eigenvalue weighted by molar-refractivity contribution is -0.156. The van der Waals surface area contributed by atoms with Crippen LogP contribution in [0.5, 0.6) is 11.5 Å². The van der Waals surface area contributed by atoms with Crippen molar-refractivity contribution >= 4 is 39.5 Å². The van der Waals surface area contributed by atoms with Crippen molar-refractivity contribution in [1.29, 1.82) is 0 Å². The molecule has 0 radical (unpaired) electrons. The van der Waals surface area contributed by atoms with Crippen LogP contribution in [0.15, 0.2) is 23.3 Å². The van der Waals surface area contributed by atoms with Gasteiger partial charge < -0.3 is 25.5 Å². The zero-order chi connectivity index (χ0) is 22.8. The predicted octanol–water partition coefficient (Wildman–Crippen LogP) is -0.657. The summed E-state index contributed by atoms with van der Waals surface area (Å²) < 4.78 is 23.6. The maximum Gasteiger partial charge on any atom is 0.328 e. The van der Waals surface area contributed by atoms with E-state index in [1.54, 1.807) is 0 Å². The number of anilines is 1. The monoisotopic (exact) mass is 452 g/mol. The lowest BCUT2D eigenvalue weighted by Crippen LogP contribution is -2.57. The molecule has 1 aromatic carbocycles. The first-order valence-electron chi connectivity index (χ1n) is 9.35. The van der Waals surface area contributed by atoms with E-state index >= 15 is 0 Å². The highest BCUT2D eigenvalue weighted by Crippen LogP contribution is 2.45. The molecule has 2 heterocycles. The van der Waals surface area contributed by atoms with Gasteiger partial charge in [0.2, 0.25) is 5.91 Å². The average Bonchev–Trinajstić information content (AvgIpc) is 3.44. The number of hydrazone groups is 1. The molecule has 5 N–H and O–H groups in total. The van der Waals surface area contributed by atoms with Gasteiger partial charge in [-0.1, -0.05) is 0 Å². The molecule has 12 nitrogen and oxygen atoms in total. The number of phenolic OH excluding ortho intramolecular Hbond substituents is 2. The van der Waals surface area contributed by atoms with E-state index in [9.17, 15) is 38.1 Å². The van der Waals surface area contributed by atoms with Crippen molar-refractivity contribution in [3.63, 3.8) is 0 Å². The number of phenols is 2. The lowest BCUT2D eigenvalue weighted by atomic mass is 9.97. The van der Waals surface area contributed by atoms with Gasteiger partial charge in [0.25, 0.3) is 5.91 Å². The quantitative estimate of drug-likeness (QED) is 0.123. The molecule has 3 aliphatic rings. The molecule has 3 fully saturated rings. The highest BCUT2D eigenvalue weighted by atomic mass is 32.2. The molecule has 31 heavy (non-hydrogen) atoms. The van der Waals surface area contributed by atoms with E-state index in [2.05, 4.69) is 15.8 Å². The highest BCUT2D eigenvalue weighted by Gasteiger charge is 2.69. The molecular weight excluding hydrogens is 432 g/mol. The minimum absolute atomic E-state index is 0.283. The van der Waals surface area contributed by atoms with Gasteiger partial charge in [-0.15, -0.1) is 0 Å². The van der Waals surface area contributed by atoms with Crippen LogP contribution >= 0.6 is 0 Å². The molecule has 13 heteroatoms. The Kier molecular flexibility index (Phi) is 4.43. The third-order valence-electron chi connectivity index (χ3n) is 6.00. The van der Waals surface area contributed by atoms with Crippen LogP contribution in [0.25, 0.3) is 0 Å². The molecule has 2 amide bonds. The van der Waals surface area contributed by atoms with E-state index in [0.29, 0.717) is 18.5 Å². The number of rotatable bonds is 6. The zero-order valence-electron chi connectivity index (χ0n) is 16.3. The number of benzene rings is 1. The predicted molar refractivity (Wildman–Crippen MR) is 106 cm³/mol. The first-order valence-corrected chi connectivity index (χ1v) is 10.9. The number of hydrogen-bond donors (Lipinski definition) is 5. The molecule has 0 spiro atoms. The zero-order valence-corrected chi connectivity index (χ0v) is 17.1. The molecule has 1 saturated carbocycles. The Morgan fingerprint density at radius 2 is 1.94 bits per heavy atom. The number of carboxylic acids is 1. The summed E-state index contributed by atoms with van der Waals surface area (Å²) in [6.45, 7) is 1.16. The van der Waals surface area contributed by atoms with E-state index in [4.69, 9.17) is 0 Å². The summed E-state index contributed by atoms with van der Waals surface area (Å²) >= 11 is 0. The Morgan fingerprint density at radius 3 is 2.48 bits per heavy atom. The van der Waals surface area contributed by atoms with Crippen LogP contribution in [0.1, 0.15) is 26.2 Å². The largest absolute Gasteiger partial charge is 0.504 e. The third-order valence-corrected chi connectivity index (χ3v) is 8.67. The van der Waals surface area contributed by atoms with Crippen LogP contribution in [-0.4, -0.2) is 74.3 Å². The molecule has 4 rings (SSSR count). The van der Waals surface area contributed by atoms with E-state index in [0.717, 1.165) is 18.0 Å². The Bertz CT molecular complexity index is 1130. The summed E-state index contributed by atoms with van der Waals surface area (Å²) in [5, 5.41) is 33.9. The van der Waals surface area contributed by atoms with Crippen molar-refractivity contribution in [3.05, 3.63) is 18.2 Å². The second-order valence-electron chi connectivity index (χ2n) is 8.04. The normalized spacial score (nSPS) is 29.8. The smallest absolute Gasteiger partial charge is 0.328 e. The average molecular weight is 452 g/mol. The summed E-state index contributed by atoms with van der Waals surface area (Å²) in [6.07, 6.45) is 1.45. The molecule has 0 unspecified atom stereocenters. The van der Waals surface area contributed by atoms with E-state index in [1.807, 2.05) is 0 Å². The number of carboxylic acid groups (broad SMARTS) is 1. The number of nitrogens with one attached hydrogen (secondary N) is 2. The van der Waals surface area contributed by atoms with Crippen molar-refractivity contribution in [2.75, 3.05) is 5.32 Å². The molecule has 1 aliphatic carbocycles. The summed E-state index contributed by atoms with van der Waals surface area (Å²) in [4.78, 5) is 36.9. The summed E-state index contributed by atoms with van der Waals surface area (Å²) in [5.74, 6) is -3.31. The fourth-order valence-corrected chi connectivity index (χ4v) is 6.15. The molecule has 166 valence electrons. The van der Waals surface area contributed by atoms with E-state index < -0.39 is 49.3 Å². The van der Waals surface area contributed by atoms with Crippen molar-refractivity contribution in [2.45, 2.75) is 47.9 Å². The molecule has 2 saturated heterocycles. The number of nitrogens with zero attached hydrogens (tertiary/aromatic N) is 2. The van der Waals surface area contributed by atoms with Gasteiger partial charge in [0.15, 0.2) is 27.4 Å². The number of fused-ring (bicyclic) bond motifs is 1. The first kappa shape index (κ1) is 20.9. The van der Waals surface area contributed by atoms with Crippen molar-refractivity contribution < 1.29 is 38.1 Å². The van der Waals surface area contributed by atoms with Crippen LogP contribution in [0, 0.1) is 0 Å². The van der Waals surface area contributed by atoms with Crippen LogP contribution in [-0.2, 0) is 24.2 Å². The van der Waals surface area contributed by atoms with Crippen LogP contribution in [0.2, 0.25) is 0 Å². The van der Waals surface area contributed by atoms with Crippen molar-refractivity contribution in [2.24, 2.45) is 5.10 Å². The number of aromatic hydroxyl groups is 2. The Labute approximate surface area is 176 Å². The van der Waals surface area contributed by atoms with Crippen LogP contribution < -0.4 is 10.7 Å². The minimum atomic E-state index is -4.07. The van der Waals surface area contributed by atoms with Gasteiger partial charge in [0, 0.05) is 18.0 Å². The number of carbonyl (C=O) groups is 3. The van der Waals surface area contributed by atoms with E-state index in [1.165, 1.54) is 18.2 Å². The second-order valence-corrected chi connectivity index (χ2v) is 10.6. The molecule has 0 bridgehead atoms. The third kappa shape index (κ3) is 2.99. The number of hydrogen-bond acceptors (Lipinski definition) is 9. The number of amides is 2. The van der Waals surface area contributed by atoms with Gasteiger partial charge in [-0.2, -0.15) is 5.10 Å². The lowest BCUT2D eigenvalue weighted by Gasteiger charge is -2.35. The Morgan fingerprint density at radius 1 is 1.26 bits per heavy atom. The Balaban J connectivity index is 1.51. The van der Waals surface area contributed by atoms with Crippen LogP contribution in [0.3, 0.4) is 0 Å². The SMILES string of the molecule is C[C@]1(/C=N/NC(=O)C2(Nc3ccc(O)c(O)c3)CC2)[C@H](C(=O)O)N2C(=O)C[C@H]2S1(=O)=O. The molecular formula is C18H20N4O8S. The molecule has 3 atom stereocenters. The van der Waals surface area contributed by atoms with Crippen molar-refractivity contribution in [3.8, 4) is 11.5 Å². The Hall–Kier alpha value is -3.35. The van der Waals surface area contributed by atoms with Gasteiger partial charge >= 0.3 is 5.97 Å². The number of sulfone groups is 1. The van der Waals surface area contributed by atoms with Gasteiger partial charge in [0.05, 0.1) is 6.42 Å². The maximum absolute atomic E-state index is 12.8. The van der Waals surface area contributed by atoms with Gasteiger partial charge in [-0.25, -0.2) is 18.6 Å². The summed E-state index contributed by atoms with van der Waals surface area (Å²) in [6, 6.07) is 2.33. The van der Waals surface area contributed by atoms with Gasteiger partial charge in [0.1, 0.15) is 15.7 Å². The van der Waals surface area contributed by atoms with Gasteiger partial charge in [-0.3, -0.25) is 9.59 Å². The van der Waals surface area contributed by atoms with E-state index in [-0.39, 0.29) is 17.9 Å². The summed E-state index contributed by atoms with van der Waals surface area (Å²) in [5.41, 5.74) is 1.58. The fraction of sp³-hybridized carbons (Fsp3) is 0.444.